The lowest BCUT2D eigenvalue weighted by molar-refractivity contribution is -0.0743. The van der Waals surface area contributed by atoms with Gasteiger partial charge >= 0.3 is 0 Å². The first-order valence-electron chi connectivity index (χ1n) is 9.88. The molecule has 0 N–H and O–H groups in total. The predicted molar refractivity (Wildman–Crippen MR) is 94.1 cm³/mol. The zero-order chi connectivity index (χ0) is 15.4. The highest BCUT2D eigenvalue weighted by atomic mass is 15.4. The molecule has 0 spiro atoms. The molecule has 1 aliphatic carbocycles. The van der Waals surface area contributed by atoms with E-state index in [0.29, 0.717) is 5.54 Å². The van der Waals surface area contributed by atoms with E-state index in [1.165, 1.54) is 96.9 Å². The Hall–Kier alpha value is -0.120. The Balaban J connectivity index is 1.70. The van der Waals surface area contributed by atoms with Crippen molar-refractivity contribution < 1.29 is 0 Å². The minimum atomic E-state index is 0.467. The maximum Gasteiger partial charge on any atom is 0.0627 e. The standard InChI is InChI=1S/C19H37N3/c1-19(11-7-4-3-5-8-12-19)22-13-9-6-10-18(22)21-16-14-20(2)15-17-21/h18H,3-17H2,1-2H3. The summed E-state index contributed by atoms with van der Waals surface area (Å²) >= 11 is 0. The van der Waals surface area contributed by atoms with E-state index in [4.69, 9.17) is 0 Å². The molecule has 0 amide bonds. The average molecular weight is 308 g/mol. The van der Waals surface area contributed by atoms with Crippen LogP contribution in [0.4, 0.5) is 0 Å². The molecule has 128 valence electrons. The lowest BCUT2D eigenvalue weighted by Gasteiger charge is -2.53. The van der Waals surface area contributed by atoms with Crippen molar-refractivity contribution >= 4 is 0 Å². The van der Waals surface area contributed by atoms with Crippen molar-refractivity contribution in [2.24, 2.45) is 0 Å². The molecule has 2 aliphatic heterocycles. The predicted octanol–water partition coefficient (Wildman–Crippen LogP) is 3.55. The molecule has 3 heteroatoms. The van der Waals surface area contributed by atoms with E-state index in [9.17, 15) is 0 Å². The molecule has 2 saturated heterocycles. The molecule has 0 radical (unpaired) electrons. The number of likely N-dealkylation sites (N-methyl/N-ethyl adjacent to an activating group) is 1. The summed E-state index contributed by atoms with van der Waals surface area (Å²) in [7, 11) is 2.27. The first-order chi connectivity index (χ1) is 10.7. The Morgan fingerprint density at radius 2 is 1.36 bits per heavy atom. The van der Waals surface area contributed by atoms with Gasteiger partial charge in [-0.3, -0.25) is 9.80 Å². The zero-order valence-electron chi connectivity index (χ0n) is 15.0. The molecular formula is C19H37N3. The van der Waals surface area contributed by atoms with E-state index in [1.54, 1.807) is 0 Å². The van der Waals surface area contributed by atoms with Crippen LogP contribution in [0, 0.1) is 0 Å². The van der Waals surface area contributed by atoms with Gasteiger partial charge in [-0.15, -0.1) is 0 Å². The maximum absolute atomic E-state index is 2.95. The molecule has 0 aromatic rings. The third-order valence-electron chi connectivity index (χ3n) is 6.55. The lowest BCUT2D eigenvalue weighted by atomic mass is 9.82. The van der Waals surface area contributed by atoms with Gasteiger partial charge in [0.15, 0.2) is 0 Å². The Morgan fingerprint density at radius 1 is 0.727 bits per heavy atom. The van der Waals surface area contributed by atoms with Crippen LogP contribution >= 0.6 is 0 Å². The molecule has 3 nitrogen and oxygen atoms in total. The van der Waals surface area contributed by atoms with Crippen molar-refractivity contribution in [2.45, 2.75) is 82.8 Å². The van der Waals surface area contributed by atoms with Crippen molar-refractivity contribution in [2.75, 3.05) is 39.8 Å². The number of hydrogen-bond acceptors (Lipinski definition) is 3. The van der Waals surface area contributed by atoms with E-state index in [1.807, 2.05) is 0 Å². The summed E-state index contributed by atoms with van der Waals surface area (Å²) < 4.78 is 0. The number of hydrogen-bond donors (Lipinski definition) is 0. The normalized spacial score (nSPS) is 33.3. The summed E-state index contributed by atoms with van der Waals surface area (Å²) in [6.45, 7) is 8.98. The molecule has 3 rings (SSSR count). The van der Waals surface area contributed by atoms with Crippen LogP contribution in [0.3, 0.4) is 0 Å². The van der Waals surface area contributed by atoms with Gasteiger partial charge in [-0.25, -0.2) is 0 Å². The third-order valence-corrected chi connectivity index (χ3v) is 6.55. The van der Waals surface area contributed by atoms with Crippen LogP contribution in [0.2, 0.25) is 0 Å². The fourth-order valence-electron chi connectivity index (χ4n) is 5.00. The first kappa shape index (κ1) is 16.7. The molecule has 0 aromatic heterocycles. The van der Waals surface area contributed by atoms with E-state index >= 15 is 0 Å². The van der Waals surface area contributed by atoms with Gasteiger partial charge in [0.25, 0.3) is 0 Å². The van der Waals surface area contributed by atoms with Gasteiger partial charge in [0, 0.05) is 38.3 Å². The topological polar surface area (TPSA) is 9.72 Å². The quantitative estimate of drug-likeness (QED) is 0.772. The fourth-order valence-corrected chi connectivity index (χ4v) is 5.00. The Labute approximate surface area is 138 Å². The summed E-state index contributed by atoms with van der Waals surface area (Å²) in [6.07, 6.45) is 15.1. The Bertz CT molecular complexity index is 328. The summed E-state index contributed by atoms with van der Waals surface area (Å²) in [6, 6.07) is 0. The average Bonchev–Trinajstić information content (AvgIpc) is 2.52. The highest BCUT2D eigenvalue weighted by Crippen LogP contribution is 2.37. The van der Waals surface area contributed by atoms with Gasteiger partial charge in [0.2, 0.25) is 0 Å². The molecule has 3 aliphatic rings. The maximum atomic E-state index is 2.95. The van der Waals surface area contributed by atoms with Gasteiger partial charge in [0.1, 0.15) is 0 Å². The van der Waals surface area contributed by atoms with Crippen LogP contribution in [0.5, 0.6) is 0 Å². The third kappa shape index (κ3) is 3.85. The van der Waals surface area contributed by atoms with E-state index < -0.39 is 0 Å². The fraction of sp³-hybridized carbons (Fsp3) is 1.00. The van der Waals surface area contributed by atoms with Crippen LogP contribution in [0.25, 0.3) is 0 Å². The Kier molecular flexibility index (Phi) is 5.80. The number of piperazine rings is 1. The number of piperidine rings is 1. The van der Waals surface area contributed by atoms with Gasteiger partial charge < -0.3 is 4.90 Å². The molecule has 0 bridgehead atoms. The SMILES string of the molecule is CN1CCN(C2CCCCN2C2(C)CCCCCCC2)CC1. The highest BCUT2D eigenvalue weighted by molar-refractivity contribution is 4.93. The van der Waals surface area contributed by atoms with E-state index in [0.717, 1.165) is 6.17 Å². The summed E-state index contributed by atoms with van der Waals surface area (Å²) in [4.78, 5) is 8.25. The summed E-state index contributed by atoms with van der Waals surface area (Å²) in [5, 5.41) is 0. The monoisotopic (exact) mass is 307 g/mol. The van der Waals surface area contributed by atoms with Crippen molar-refractivity contribution in [3.8, 4) is 0 Å². The molecule has 3 fully saturated rings. The minimum absolute atomic E-state index is 0.467. The molecule has 1 atom stereocenters. The van der Waals surface area contributed by atoms with Crippen molar-refractivity contribution in [1.29, 1.82) is 0 Å². The zero-order valence-corrected chi connectivity index (χ0v) is 15.0. The molecule has 0 aromatic carbocycles. The first-order valence-corrected chi connectivity index (χ1v) is 9.88. The number of rotatable bonds is 2. The Morgan fingerprint density at radius 3 is 2.05 bits per heavy atom. The summed E-state index contributed by atoms with van der Waals surface area (Å²) in [5.41, 5.74) is 0.467. The van der Waals surface area contributed by atoms with Crippen molar-refractivity contribution in [3.05, 3.63) is 0 Å². The van der Waals surface area contributed by atoms with Gasteiger partial charge in [-0.05, 0) is 46.1 Å². The number of likely N-dealkylation sites (tertiary alicyclic amines) is 1. The van der Waals surface area contributed by atoms with E-state index in [-0.39, 0.29) is 0 Å². The van der Waals surface area contributed by atoms with Gasteiger partial charge in [-0.1, -0.05) is 32.1 Å². The second-order valence-corrected chi connectivity index (χ2v) is 8.27. The molecule has 22 heavy (non-hydrogen) atoms. The van der Waals surface area contributed by atoms with Crippen LogP contribution in [0.1, 0.15) is 71.1 Å². The molecule has 2 heterocycles. The van der Waals surface area contributed by atoms with E-state index in [2.05, 4.69) is 28.7 Å². The molecular weight excluding hydrogens is 270 g/mol. The molecule has 1 unspecified atom stereocenters. The van der Waals surface area contributed by atoms with Crippen LogP contribution in [-0.2, 0) is 0 Å². The second kappa shape index (κ2) is 7.63. The largest absolute Gasteiger partial charge is 0.304 e. The minimum Gasteiger partial charge on any atom is -0.304 e. The highest BCUT2D eigenvalue weighted by Gasteiger charge is 2.40. The van der Waals surface area contributed by atoms with Crippen LogP contribution < -0.4 is 0 Å². The van der Waals surface area contributed by atoms with Crippen LogP contribution in [0.15, 0.2) is 0 Å². The lowest BCUT2D eigenvalue weighted by Crippen LogP contribution is -2.62. The second-order valence-electron chi connectivity index (χ2n) is 8.27. The van der Waals surface area contributed by atoms with Gasteiger partial charge in [-0.2, -0.15) is 0 Å². The molecule has 1 saturated carbocycles. The van der Waals surface area contributed by atoms with Crippen LogP contribution in [-0.4, -0.2) is 66.2 Å². The van der Waals surface area contributed by atoms with Crippen molar-refractivity contribution in [1.82, 2.24) is 14.7 Å². The van der Waals surface area contributed by atoms with Gasteiger partial charge in [0.05, 0.1) is 6.17 Å². The van der Waals surface area contributed by atoms with Crippen molar-refractivity contribution in [3.63, 3.8) is 0 Å². The summed E-state index contributed by atoms with van der Waals surface area (Å²) in [5.74, 6) is 0. The smallest absolute Gasteiger partial charge is 0.0627 e. The number of nitrogens with zero attached hydrogens (tertiary/aromatic N) is 3.